The molecule has 0 atom stereocenters. The summed E-state index contributed by atoms with van der Waals surface area (Å²) in [5, 5.41) is 5.41. The van der Waals surface area contributed by atoms with Gasteiger partial charge in [-0.25, -0.2) is 4.98 Å². The Morgan fingerprint density at radius 3 is 2.48 bits per heavy atom. The van der Waals surface area contributed by atoms with Crippen LogP contribution in [-0.4, -0.2) is 23.3 Å². The molecule has 23 heavy (non-hydrogen) atoms. The summed E-state index contributed by atoms with van der Waals surface area (Å²) >= 11 is 3.31. The Balaban J connectivity index is 1.70. The van der Waals surface area contributed by atoms with E-state index >= 15 is 0 Å². The van der Waals surface area contributed by atoms with Crippen LogP contribution in [-0.2, 0) is 11.3 Å². The summed E-state index contributed by atoms with van der Waals surface area (Å²) in [4.78, 5) is 27.8. The Kier molecular flexibility index (Phi) is 5.92. The van der Waals surface area contributed by atoms with Gasteiger partial charge in [0.15, 0.2) is 0 Å². The quantitative estimate of drug-likeness (QED) is 0.807. The van der Waals surface area contributed by atoms with Gasteiger partial charge in [-0.1, -0.05) is 15.9 Å². The summed E-state index contributed by atoms with van der Waals surface area (Å²) in [7, 11) is 0. The number of halogens is 1. The van der Waals surface area contributed by atoms with Gasteiger partial charge in [-0.3, -0.25) is 9.59 Å². The van der Waals surface area contributed by atoms with E-state index in [1.165, 1.54) is 0 Å². The number of amides is 2. The molecule has 1 aromatic heterocycles. The third-order valence-corrected chi connectivity index (χ3v) is 3.78. The van der Waals surface area contributed by atoms with E-state index < -0.39 is 0 Å². The van der Waals surface area contributed by atoms with Crippen molar-refractivity contribution in [3.8, 4) is 0 Å². The number of nitrogens with zero attached hydrogens (tertiary/aromatic N) is 1. The number of benzene rings is 1. The maximum atomic E-state index is 11.9. The van der Waals surface area contributed by atoms with E-state index in [-0.39, 0.29) is 31.3 Å². The van der Waals surface area contributed by atoms with Crippen LogP contribution in [0.3, 0.4) is 0 Å². The molecule has 0 saturated carbocycles. The number of aryl methyl sites for hydroxylation is 2. The fourth-order valence-corrected chi connectivity index (χ4v) is 2.13. The second-order valence-electron chi connectivity index (χ2n) is 5.04. The number of aromatic nitrogens is 1. The molecule has 0 unspecified atom stereocenters. The smallest absolute Gasteiger partial charge is 0.251 e. The van der Waals surface area contributed by atoms with Gasteiger partial charge in [0.1, 0.15) is 5.76 Å². The fourth-order valence-electron chi connectivity index (χ4n) is 1.87. The molecule has 1 heterocycles. The zero-order valence-electron chi connectivity index (χ0n) is 13.0. The summed E-state index contributed by atoms with van der Waals surface area (Å²) in [5.74, 6) is 0.849. The molecular weight excluding hydrogens is 362 g/mol. The van der Waals surface area contributed by atoms with Crippen LogP contribution in [0.5, 0.6) is 0 Å². The Labute approximate surface area is 142 Å². The normalized spacial score (nSPS) is 10.4. The summed E-state index contributed by atoms with van der Waals surface area (Å²) < 4.78 is 6.28. The molecule has 0 radical (unpaired) electrons. The Morgan fingerprint density at radius 2 is 1.87 bits per heavy atom. The van der Waals surface area contributed by atoms with Crippen molar-refractivity contribution < 1.29 is 14.0 Å². The molecule has 0 saturated heterocycles. The van der Waals surface area contributed by atoms with Gasteiger partial charge in [0, 0.05) is 23.0 Å². The molecule has 2 aromatic rings. The van der Waals surface area contributed by atoms with Crippen molar-refractivity contribution in [2.45, 2.75) is 26.8 Å². The highest BCUT2D eigenvalue weighted by Gasteiger charge is 2.09. The number of rotatable bonds is 6. The van der Waals surface area contributed by atoms with E-state index in [4.69, 9.17) is 4.42 Å². The molecule has 1 aromatic carbocycles. The number of carbonyl (C=O) groups excluding carboxylic acids is 2. The third-order valence-electron chi connectivity index (χ3n) is 3.25. The second-order valence-corrected chi connectivity index (χ2v) is 5.95. The molecule has 0 aliphatic rings. The van der Waals surface area contributed by atoms with E-state index in [0.717, 1.165) is 15.9 Å². The van der Waals surface area contributed by atoms with E-state index in [0.29, 0.717) is 11.5 Å². The van der Waals surface area contributed by atoms with Crippen LogP contribution in [0.15, 0.2) is 33.2 Å². The highest BCUT2D eigenvalue weighted by atomic mass is 79.9. The van der Waals surface area contributed by atoms with Crippen molar-refractivity contribution in [2.75, 3.05) is 6.54 Å². The Morgan fingerprint density at radius 1 is 1.17 bits per heavy atom. The van der Waals surface area contributed by atoms with Crippen molar-refractivity contribution in [3.05, 3.63) is 51.6 Å². The fraction of sp³-hybridized carbons (Fsp3) is 0.312. The summed E-state index contributed by atoms with van der Waals surface area (Å²) in [6.07, 6.45) is 0.195. The number of carbonyl (C=O) groups is 2. The standard InChI is InChI=1S/C16H18BrN3O3/c1-10-11(2)23-15(20-10)9-19-14(21)7-8-18-16(22)12-3-5-13(17)6-4-12/h3-6H,7-9H2,1-2H3,(H,18,22)(H,19,21). The highest BCUT2D eigenvalue weighted by molar-refractivity contribution is 9.10. The average Bonchev–Trinajstić information content (AvgIpc) is 2.84. The van der Waals surface area contributed by atoms with Crippen LogP contribution in [0.2, 0.25) is 0 Å². The van der Waals surface area contributed by atoms with Gasteiger partial charge in [-0.2, -0.15) is 0 Å². The van der Waals surface area contributed by atoms with Crippen LogP contribution < -0.4 is 10.6 Å². The van der Waals surface area contributed by atoms with Crippen LogP contribution in [0.4, 0.5) is 0 Å². The van der Waals surface area contributed by atoms with Crippen molar-refractivity contribution in [1.82, 2.24) is 15.6 Å². The van der Waals surface area contributed by atoms with E-state index in [1.807, 2.05) is 13.8 Å². The molecule has 0 fully saturated rings. The summed E-state index contributed by atoms with van der Waals surface area (Å²) in [6.45, 7) is 4.19. The molecule has 2 N–H and O–H groups in total. The monoisotopic (exact) mass is 379 g/mol. The number of oxazole rings is 1. The number of hydrogen-bond donors (Lipinski definition) is 2. The zero-order chi connectivity index (χ0) is 16.8. The molecular formula is C16H18BrN3O3. The molecule has 0 spiro atoms. The van der Waals surface area contributed by atoms with Crippen LogP contribution in [0.1, 0.15) is 34.1 Å². The highest BCUT2D eigenvalue weighted by Crippen LogP contribution is 2.10. The summed E-state index contributed by atoms with van der Waals surface area (Å²) in [5.41, 5.74) is 1.37. The Hall–Kier alpha value is -2.15. The van der Waals surface area contributed by atoms with Crippen molar-refractivity contribution in [2.24, 2.45) is 0 Å². The predicted molar refractivity (Wildman–Crippen MR) is 88.9 cm³/mol. The molecule has 0 bridgehead atoms. The zero-order valence-corrected chi connectivity index (χ0v) is 14.6. The minimum absolute atomic E-state index is 0.172. The first-order valence-corrected chi connectivity index (χ1v) is 7.98. The predicted octanol–water partition coefficient (Wildman–Crippen LogP) is 2.49. The Bertz CT molecular complexity index is 676. The second kappa shape index (κ2) is 7.92. The molecule has 2 amide bonds. The van der Waals surface area contributed by atoms with Crippen molar-refractivity contribution >= 4 is 27.7 Å². The van der Waals surface area contributed by atoms with Gasteiger partial charge in [-0.15, -0.1) is 0 Å². The largest absolute Gasteiger partial charge is 0.444 e. The van der Waals surface area contributed by atoms with Crippen molar-refractivity contribution in [3.63, 3.8) is 0 Å². The van der Waals surface area contributed by atoms with Crippen LogP contribution >= 0.6 is 15.9 Å². The van der Waals surface area contributed by atoms with Gasteiger partial charge in [-0.05, 0) is 38.1 Å². The molecule has 2 rings (SSSR count). The number of hydrogen-bond acceptors (Lipinski definition) is 4. The minimum Gasteiger partial charge on any atom is -0.444 e. The molecule has 122 valence electrons. The van der Waals surface area contributed by atoms with Gasteiger partial charge in [0.05, 0.1) is 12.2 Å². The lowest BCUT2D eigenvalue weighted by Gasteiger charge is -2.06. The lowest BCUT2D eigenvalue weighted by atomic mass is 10.2. The minimum atomic E-state index is -0.204. The van der Waals surface area contributed by atoms with Gasteiger partial charge >= 0.3 is 0 Å². The number of nitrogens with one attached hydrogen (secondary N) is 2. The topological polar surface area (TPSA) is 84.2 Å². The maximum absolute atomic E-state index is 11.9. The summed E-state index contributed by atoms with van der Waals surface area (Å²) in [6, 6.07) is 7.02. The third kappa shape index (κ3) is 5.21. The molecule has 0 aliphatic heterocycles. The SMILES string of the molecule is Cc1nc(CNC(=O)CCNC(=O)c2ccc(Br)cc2)oc1C. The first-order chi connectivity index (χ1) is 11.0. The van der Waals surface area contributed by atoms with Gasteiger partial charge in [0.25, 0.3) is 5.91 Å². The lowest BCUT2D eigenvalue weighted by Crippen LogP contribution is -2.30. The molecule has 0 aliphatic carbocycles. The first kappa shape index (κ1) is 17.2. The first-order valence-electron chi connectivity index (χ1n) is 7.19. The van der Waals surface area contributed by atoms with Gasteiger partial charge in [0.2, 0.25) is 11.8 Å². The van der Waals surface area contributed by atoms with Gasteiger partial charge < -0.3 is 15.1 Å². The van der Waals surface area contributed by atoms with Crippen LogP contribution in [0.25, 0.3) is 0 Å². The average molecular weight is 380 g/mol. The van der Waals surface area contributed by atoms with E-state index in [1.54, 1.807) is 24.3 Å². The molecule has 7 heteroatoms. The lowest BCUT2D eigenvalue weighted by molar-refractivity contribution is -0.121. The van der Waals surface area contributed by atoms with Crippen molar-refractivity contribution in [1.29, 1.82) is 0 Å². The molecule has 6 nitrogen and oxygen atoms in total. The van der Waals surface area contributed by atoms with Crippen LogP contribution in [0, 0.1) is 13.8 Å². The van der Waals surface area contributed by atoms with E-state index in [2.05, 4.69) is 31.5 Å². The van der Waals surface area contributed by atoms with E-state index in [9.17, 15) is 9.59 Å². The maximum Gasteiger partial charge on any atom is 0.251 e.